The summed E-state index contributed by atoms with van der Waals surface area (Å²) in [5, 5.41) is 0. The van der Waals surface area contributed by atoms with Crippen LogP contribution in [-0.2, 0) is 9.53 Å². The molecule has 0 aromatic heterocycles. The summed E-state index contributed by atoms with van der Waals surface area (Å²) in [7, 11) is 1.41. The van der Waals surface area contributed by atoms with E-state index in [9.17, 15) is 4.79 Å². The Morgan fingerprint density at radius 1 is 1.25 bits per heavy atom. The quantitative estimate of drug-likeness (QED) is 0.661. The molecule has 2 nitrogen and oxygen atoms in total. The molecule has 0 amide bonds. The van der Waals surface area contributed by atoms with Crippen LogP contribution in [0.5, 0.6) is 0 Å². The van der Waals surface area contributed by atoms with Gasteiger partial charge in [-0.2, -0.15) is 0 Å². The van der Waals surface area contributed by atoms with Crippen molar-refractivity contribution in [2.45, 2.75) is 12.8 Å². The van der Waals surface area contributed by atoms with Gasteiger partial charge in [0, 0.05) is 0 Å². The Morgan fingerprint density at radius 3 is 2.75 bits per heavy atom. The lowest BCUT2D eigenvalue weighted by Crippen LogP contribution is -2.00. The zero-order valence-electron chi connectivity index (χ0n) is 9.27. The van der Waals surface area contributed by atoms with Gasteiger partial charge in [0.15, 0.2) is 0 Å². The molecule has 0 atom stereocenters. The van der Waals surface area contributed by atoms with Crippen LogP contribution in [0.15, 0.2) is 59.3 Å². The van der Waals surface area contributed by atoms with Gasteiger partial charge in [-0.15, -0.1) is 0 Å². The van der Waals surface area contributed by atoms with E-state index in [4.69, 9.17) is 0 Å². The van der Waals surface area contributed by atoms with Crippen LogP contribution in [0.3, 0.4) is 0 Å². The molecule has 0 saturated carbocycles. The van der Waals surface area contributed by atoms with Gasteiger partial charge in [0.05, 0.1) is 13.5 Å². The summed E-state index contributed by atoms with van der Waals surface area (Å²) in [6.45, 7) is 0. The van der Waals surface area contributed by atoms with Crippen LogP contribution in [0, 0.1) is 0 Å². The van der Waals surface area contributed by atoms with Crippen molar-refractivity contribution in [3.05, 3.63) is 59.3 Å². The summed E-state index contributed by atoms with van der Waals surface area (Å²) in [5.74, 6) is -0.199. The summed E-state index contributed by atoms with van der Waals surface area (Å²) in [6.07, 6.45) is 15.6. The number of ether oxygens (including phenoxy) is 1. The smallest absolute Gasteiger partial charge is 0.309 e. The third kappa shape index (κ3) is 2.60. The number of esters is 1. The fourth-order valence-corrected chi connectivity index (χ4v) is 1.77. The second-order valence-corrected chi connectivity index (χ2v) is 3.85. The molecule has 2 aliphatic carbocycles. The Kier molecular flexibility index (Phi) is 3.20. The molecule has 0 aromatic carbocycles. The number of carbonyl (C=O) groups excluding carboxylic acids is 1. The van der Waals surface area contributed by atoms with E-state index >= 15 is 0 Å². The molecule has 2 rings (SSSR count). The topological polar surface area (TPSA) is 26.3 Å². The number of hydrogen-bond donors (Lipinski definition) is 0. The zero-order chi connectivity index (χ0) is 11.4. The highest BCUT2D eigenvalue weighted by atomic mass is 16.5. The van der Waals surface area contributed by atoms with Gasteiger partial charge < -0.3 is 4.74 Å². The van der Waals surface area contributed by atoms with Crippen molar-refractivity contribution in [1.82, 2.24) is 0 Å². The molecule has 2 bridgehead atoms. The lowest BCUT2D eigenvalue weighted by atomic mass is 10.1. The average molecular weight is 214 g/mol. The first-order valence-corrected chi connectivity index (χ1v) is 5.30. The Balaban J connectivity index is 2.24. The number of methoxy groups -OCH3 is 1. The molecular formula is C14H14O2. The van der Waals surface area contributed by atoms with E-state index in [0.717, 1.165) is 12.0 Å². The number of carbonyl (C=O) groups is 1. The van der Waals surface area contributed by atoms with Crippen molar-refractivity contribution in [1.29, 1.82) is 0 Å². The van der Waals surface area contributed by atoms with Crippen LogP contribution >= 0.6 is 0 Å². The first-order chi connectivity index (χ1) is 7.78. The monoisotopic (exact) mass is 214 g/mol. The maximum atomic E-state index is 11.2. The molecule has 2 heteroatoms. The molecule has 0 heterocycles. The first kappa shape index (κ1) is 10.7. The minimum atomic E-state index is -0.199. The van der Waals surface area contributed by atoms with Crippen molar-refractivity contribution in [3.8, 4) is 0 Å². The van der Waals surface area contributed by atoms with Gasteiger partial charge in [-0.25, -0.2) is 0 Å². The molecule has 82 valence electrons. The zero-order valence-corrected chi connectivity index (χ0v) is 9.27. The number of fused-ring (bicyclic) bond motifs is 2. The molecule has 0 spiro atoms. The number of allylic oxidation sites excluding steroid dienone is 9. The van der Waals surface area contributed by atoms with Crippen molar-refractivity contribution >= 4 is 5.97 Å². The average Bonchev–Trinajstić information content (AvgIpc) is 2.61. The molecule has 0 aliphatic heterocycles. The second kappa shape index (κ2) is 4.79. The predicted octanol–water partition coefficient (Wildman–Crippen LogP) is 2.86. The van der Waals surface area contributed by atoms with Crippen molar-refractivity contribution in [2.75, 3.05) is 7.11 Å². The standard InChI is InChI=1S/C14H14O2/c1-16-14(15)10-13-7-6-11-4-2-3-5-12(8-11)9-13/h2-7,9H,8,10H2,1H3. The second-order valence-electron chi connectivity index (χ2n) is 3.85. The van der Waals surface area contributed by atoms with E-state index in [-0.39, 0.29) is 5.97 Å². The summed E-state index contributed by atoms with van der Waals surface area (Å²) in [4.78, 5) is 11.2. The molecule has 0 unspecified atom stereocenters. The van der Waals surface area contributed by atoms with Crippen molar-refractivity contribution in [3.63, 3.8) is 0 Å². The molecule has 0 fully saturated rings. The van der Waals surface area contributed by atoms with Crippen molar-refractivity contribution in [2.24, 2.45) is 0 Å². The van der Waals surface area contributed by atoms with Crippen LogP contribution in [0.1, 0.15) is 12.8 Å². The molecule has 2 aliphatic rings. The van der Waals surface area contributed by atoms with Crippen LogP contribution in [0.25, 0.3) is 0 Å². The van der Waals surface area contributed by atoms with Gasteiger partial charge in [-0.1, -0.05) is 42.5 Å². The minimum absolute atomic E-state index is 0.199. The highest BCUT2D eigenvalue weighted by molar-refractivity contribution is 5.73. The highest BCUT2D eigenvalue weighted by Crippen LogP contribution is 2.24. The Morgan fingerprint density at radius 2 is 2.00 bits per heavy atom. The summed E-state index contributed by atoms with van der Waals surface area (Å²) in [6, 6.07) is 0. The van der Waals surface area contributed by atoms with E-state index in [1.54, 1.807) is 0 Å². The Hall–Kier alpha value is -1.83. The molecule has 0 aromatic rings. The van der Waals surface area contributed by atoms with Gasteiger partial charge in [0.25, 0.3) is 0 Å². The molecule has 0 N–H and O–H groups in total. The van der Waals surface area contributed by atoms with Gasteiger partial charge in [0.2, 0.25) is 0 Å². The molecule has 16 heavy (non-hydrogen) atoms. The van der Waals surface area contributed by atoms with E-state index in [2.05, 4.69) is 29.0 Å². The van der Waals surface area contributed by atoms with Gasteiger partial charge >= 0.3 is 5.97 Å². The Labute approximate surface area is 95.3 Å². The molecule has 0 radical (unpaired) electrons. The first-order valence-electron chi connectivity index (χ1n) is 5.30. The van der Waals surface area contributed by atoms with Crippen LogP contribution in [-0.4, -0.2) is 13.1 Å². The normalized spacial score (nSPS) is 17.9. The van der Waals surface area contributed by atoms with Crippen LogP contribution in [0.2, 0.25) is 0 Å². The number of hydrogen-bond acceptors (Lipinski definition) is 2. The third-order valence-electron chi connectivity index (χ3n) is 2.60. The predicted molar refractivity (Wildman–Crippen MR) is 63.8 cm³/mol. The summed E-state index contributed by atoms with van der Waals surface area (Å²) >= 11 is 0. The van der Waals surface area contributed by atoms with E-state index in [1.807, 2.05) is 18.2 Å². The lowest BCUT2D eigenvalue weighted by Gasteiger charge is -2.00. The summed E-state index contributed by atoms with van der Waals surface area (Å²) < 4.78 is 4.67. The molecular weight excluding hydrogens is 200 g/mol. The summed E-state index contributed by atoms with van der Waals surface area (Å²) in [5.41, 5.74) is 3.48. The van der Waals surface area contributed by atoms with Gasteiger partial charge in [-0.3, -0.25) is 4.79 Å². The highest BCUT2D eigenvalue weighted by Gasteiger charge is 2.09. The fraction of sp³-hybridized carbons (Fsp3) is 0.214. The van der Waals surface area contributed by atoms with E-state index < -0.39 is 0 Å². The van der Waals surface area contributed by atoms with E-state index in [1.165, 1.54) is 18.3 Å². The maximum Gasteiger partial charge on any atom is 0.309 e. The maximum absolute atomic E-state index is 11.2. The van der Waals surface area contributed by atoms with Gasteiger partial charge in [0.1, 0.15) is 0 Å². The SMILES string of the molecule is COC(=O)CC1=CC2=CC=CC=C(C=C1)C2. The minimum Gasteiger partial charge on any atom is -0.469 e. The largest absolute Gasteiger partial charge is 0.469 e. The lowest BCUT2D eigenvalue weighted by molar-refractivity contribution is -0.139. The van der Waals surface area contributed by atoms with Crippen LogP contribution < -0.4 is 0 Å². The van der Waals surface area contributed by atoms with E-state index in [0.29, 0.717) is 6.42 Å². The van der Waals surface area contributed by atoms with Gasteiger partial charge in [-0.05, 0) is 23.1 Å². The number of rotatable bonds is 2. The van der Waals surface area contributed by atoms with Crippen LogP contribution in [0.4, 0.5) is 0 Å². The molecule has 0 saturated heterocycles. The third-order valence-corrected chi connectivity index (χ3v) is 2.60. The van der Waals surface area contributed by atoms with Crippen molar-refractivity contribution < 1.29 is 9.53 Å². The fourth-order valence-electron chi connectivity index (χ4n) is 1.77. The Bertz CT molecular complexity index is 445.